The van der Waals surface area contributed by atoms with E-state index in [9.17, 15) is 86.5 Å². The van der Waals surface area contributed by atoms with Crippen LogP contribution in [0.3, 0.4) is 0 Å². The van der Waals surface area contributed by atoms with Gasteiger partial charge in [-0.1, -0.05) is 52.8 Å². The van der Waals surface area contributed by atoms with Crippen LogP contribution in [0, 0.1) is 50.7 Å². The molecule has 0 aromatic heterocycles. The molecule has 0 unspecified atom stereocenters. The van der Waals surface area contributed by atoms with E-state index in [2.05, 4.69) is 40.7 Å². The summed E-state index contributed by atoms with van der Waals surface area (Å²) in [5.74, 6) is 0.283. The van der Waals surface area contributed by atoms with Crippen molar-refractivity contribution in [1.29, 1.82) is 0 Å². The second-order valence-electron chi connectivity index (χ2n) is 28.0. The Labute approximate surface area is 505 Å². The van der Waals surface area contributed by atoms with Crippen LogP contribution in [0.1, 0.15) is 106 Å². The molecule has 0 radical (unpaired) electrons. The lowest BCUT2D eigenvalue weighted by Crippen LogP contribution is -2.69. The third-order valence-electron chi connectivity index (χ3n) is 23.4. The number of carboxylic acids is 1. The van der Waals surface area contributed by atoms with Gasteiger partial charge in [-0.2, -0.15) is 0 Å². The zero-order chi connectivity index (χ0) is 63.4. The third-order valence-corrected chi connectivity index (χ3v) is 23.4. The molecule has 0 bridgehead atoms. The van der Waals surface area contributed by atoms with E-state index in [1.54, 1.807) is 13.0 Å². The van der Waals surface area contributed by atoms with E-state index in [0.717, 1.165) is 51.4 Å². The Hall–Kier alpha value is -2.05. The summed E-state index contributed by atoms with van der Waals surface area (Å²) >= 11 is 0. The standard InChI is InChI=1S/C60H96O27/c1-24(9-8-10-25(2)50(76)77)27-13-15-58(7)33-12-11-32-56(4,5)34(14-16-59(32)23-60(33,59)18-17-57(27,58)6)84-55-49(47(39(68)30(21-63)82-55)85-53-46(75)42(71)37(66)29(20-62)81-53)87-54-48(86-52-45(74)40(69)35(64)26(3)79-52)43(72)38(67)31(83-54)22-78-51-44(73)41(70)36(65)28(19-61)80-51/h8-10,24,26-49,51-55,61-75H,11-23H2,1-7H3,(H,76,77)/b9-8+,25-10+/t24-,26+,27-,28+,29-,30+,31-,32+,33+,34+,35+,36+,37-,38-,39+,40-,41-,42+,43+,44+,45-,46-,47-,48-,49+,51+,52+,53+,54+,55-,57-,58+,59-,60+/m1/s1. The molecule has 5 saturated heterocycles. The molecule has 0 amide bonds. The number of allylic oxidation sites excluding steroid dienone is 3. The monoisotopic (exact) mass is 1250 g/mol. The van der Waals surface area contributed by atoms with Gasteiger partial charge in [0.05, 0.1) is 38.6 Å². The SMILES string of the molecule is C/C(=C\C=C\[C@@H](C)[C@H]1CC[C@@]2(C)[C@@H]3CC[C@H]4C(C)(C)[C@@H](O[C@H]5O[C@@H](CO)[C@H](O)[C@@H](O[C@@H]6O[C@H](CO)[C@@H](O)[C@H](O)[C@H]6O)[C@@H]5O[C@@H]5O[C@H](CO[C@H]6O[C@@H](CO)[C@H](O)[C@@H](O)[C@@H]6O)[C@@H](O)[C@H](O)[C@H]5O[C@@H]5O[C@@H](C)[C@H](O)[C@@H](O)[C@H]5O)CC[C@@]45C[C@@]35CC[C@]12C)C(=O)O. The Morgan fingerprint density at radius 2 is 1.02 bits per heavy atom. The minimum atomic E-state index is -2.12. The van der Waals surface area contributed by atoms with Crippen molar-refractivity contribution in [3.8, 4) is 0 Å². The Balaban J connectivity index is 0.958. The van der Waals surface area contributed by atoms with Gasteiger partial charge in [0.2, 0.25) is 0 Å². The first-order valence-electron chi connectivity index (χ1n) is 31.1. The number of rotatable bonds is 18. The molecule has 5 saturated carbocycles. The molecule has 10 rings (SSSR count). The number of aliphatic hydroxyl groups is 15. The summed E-state index contributed by atoms with van der Waals surface area (Å²) in [5, 5.41) is 174. The van der Waals surface area contributed by atoms with Crippen molar-refractivity contribution in [2.75, 3.05) is 26.4 Å². The lowest BCUT2D eigenvalue weighted by atomic mass is 9.42. The zero-order valence-electron chi connectivity index (χ0n) is 50.4. The van der Waals surface area contributed by atoms with Crippen LogP contribution >= 0.6 is 0 Å². The molecular weight excluding hydrogens is 1150 g/mol. The molecular formula is C60H96O27. The molecule has 87 heavy (non-hydrogen) atoms. The maximum Gasteiger partial charge on any atom is 0.331 e. The van der Waals surface area contributed by atoms with Crippen molar-refractivity contribution in [2.24, 2.45) is 50.7 Å². The Bertz CT molecular complexity index is 2430. The number of carbonyl (C=O) groups is 1. The van der Waals surface area contributed by atoms with Gasteiger partial charge in [0.25, 0.3) is 0 Å². The van der Waals surface area contributed by atoms with Crippen molar-refractivity contribution in [2.45, 2.75) is 266 Å². The van der Waals surface area contributed by atoms with Crippen molar-refractivity contribution < 1.29 is 134 Å². The number of hydrogen-bond donors (Lipinski definition) is 16. The molecule has 10 fully saturated rings. The zero-order valence-corrected chi connectivity index (χ0v) is 50.4. The van der Waals surface area contributed by atoms with Crippen molar-refractivity contribution >= 4 is 5.97 Å². The van der Waals surface area contributed by atoms with Gasteiger partial charge < -0.3 is 129 Å². The van der Waals surface area contributed by atoms with Crippen LogP contribution < -0.4 is 0 Å². The van der Waals surface area contributed by atoms with Crippen LogP contribution in [-0.4, -0.2) is 274 Å². The highest BCUT2D eigenvalue weighted by Crippen LogP contribution is 2.89. The molecule has 5 aliphatic heterocycles. The number of hydrogen-bond acceptors (Lipinski definition) is 26. The van der Waals surface area contributed by atoms with Gasteiger partial charge >= 0.3 is 5.97 Å². The fourth-order valence-corrected chi connectivity index (χ4v) is 18.1. The predicted molar refractivity (Wildman–Crippen MR) is 294 cm³/mol. The number of aliphatic carboxylic acids is 1. The largest absolute Gasteiger partial charge is 0.478 e. The molecule has 5 aliphatic carbocycles. The van der Waals surface area contributed by atoms with Crippen molar-refractivity contribution in [1.82, 2.24) is 0 Å². The van der Waals surface area contributed by atoms with E-state index < -0.39 is 197 Å². The molecule has 34 atom stereocenters. The van der Waals surface area contributed by atoms with E-state index in [-0.39, 0.29) is 39.1 Å². The van der Waals surface area contributed by atoms with E-state index >= 15 is 0 Å². The number of ether oxygens (including phenoxy) is 10. The molecule has 2 spiro atoms. The Morgan fingerprint density at radius 1 is 0.517 bits per heavy atom. The van der Waals surface area contributed by atoms with Crippen molar-refractivity contribution in [3.05, 3.63) is 23.8 Å². The van der Waals surface area contributed by atoms with Crippen LogP contribution in [0.25, 0.3) is 0 Å². The van der Waals surface area contributed by atoms with Gasteiger partial charge in [-0.3, -0.25) is 0 Å². The van der Waals surface area contributed by atoms with Crippen LogP contribution in [0.5, 0.6) is 0 Å². The molecule has 27 heteroatoms. The number of carboxylic acid groups (broad SMARTS) is 1. The maximum absolute atomic E-state index is 12.2. The van der Waals surface area contributed by atoms with Gasteiger partial charge in [0.15, 0.2) is 31.5 Å². The normalized spacial score (nSPS) is 53.6. The fourth-order valence-electron chi connectivity index (χ4n) is 18.1. The van der Waals surface area contributed by atoms with Gasteiger partial charge in [-0.25, -0.2) is 4.79 Å². The molecule has 498 valence electrons. The topological polar surface area (TPSA) is 433 Å². The Morgan fingerprint density at radius 3 is 1.66 bits per heavy atom. The van der Waals surface area contributed by atoms with Crippen LogP contribution in [-0.2, 0) is 52.2 Å². The summed E-state index contributed by atoms with van der Waals surface area (Å²) in [6, 6.07) is 0. The van der Waals surface area contributed by atoms with Crippen LogP contribution in [0.4, 0.5) is 0 Å². The number of fused-ring (bicyclic) bond motifs is 2. The van der Waals surface area contributed by atoms with E-state index in [0.29, 0.717) is 18.3 Å². The van der Waals surface area contributed by atoms with Gasteiger partial charge in [0, 0.05) is 5.57 Å². The van der Waals surface area contributed by atoms with E-state index in [4.69, 9.17) is 47.4 Å². The highest BCUT2D eigenvalue weighted by atomic mass is 16.8. The van der Waals surface area contributed by atoms with Crippen LogP contribution in [0.2, 0.25) is 0 Å². The first-order chi connectivity index (χ1) is 41.0. The third kappa shape index (κ3) is 11.5. The quantitative estimate of drug-likeness (QED) is 0.0373. The molecule has 27 nitrogen and oxygen atoms in total. The minimum absolute atomic E-state index is 0.0225. The highest BCUT2D eigenvalue weighted by Gasteiger charge is 2.82. The second-order valence-corrected chi connectivity index (χ2v) is 28.0. The molecule has 10 aliphatic rings. The molecule has 16 N–H and O–H groups in total. The summed E-state index contributed by atoms with van der Waals surface area (Å²) in [7, 11) is 0. The Kier molecular flexibility index (Phi) is 20.0. The average molecular weight is 1250 g/mol. The fraction of sp³-hybridized carbons (Fsp3) is 0.917. The van der Waals surface area contributed by atoms with Gasteiger partial charge in [0.1, 0.15) is 116 Å². The molecule has 0 aromatic carbocycles. The highest BCUT2D eigenvalue weighted by molar-refractivity contribution is 5.86. The van der Waals surface area contributed by atoms with Gasteiger partial charge in [-0.05, 0) is 122 Å². The lowest BCUT2D eigenvalue weighted by Gasteiger charge is -2.63. The lowest BCUT2D eigenvalue weighted by molar-refractivity contribution is -0.412. The first-order valence-corrected chi connectivity index (χ1v) is 31.1. The molecule has 5 heterocycles. The average Bonchev–Trinajstić information content (AvgIpc) is 1.47. The molecule has 0 aromatic rings. The summed E-state index contributed by atoms with van der Waals surface area (Å²) in [6.07, 6.45) is -31.6. The number of aliphatic hydroxyl groups excluding tert-OH is 15. The second kappa shape index (κ2) is 25.7. The first kappa shape index (κ1) is 67.8. The summed E-state index contributed by atoms with van der Waals surface area (Å²) in [5.41, 5.74) is -0.178. The smallest absolute Gasteiger partial charge is 0.331 e. The van der Waals surface area contributed by atoms with Crippen LogP contribution in [0.15, 0.2) is 23.8 Å². The van der Waals surface area contributed by atoms with Gasteiger partial charge in [-0.15, -0.1) is 0 Å². The summed E-state index contributed by atoms with van der Waals surface area (Å²) in [4.78, 5) is 11.5. The van der Waals surface area contributed by atoms with Crippen molar-refractivity contribution in [3.63, 3.8) is 0 Å². The van der Waals surface area contributed by atoms with E-state index in [1.165, 1.54) is 6.92 Å². The predicted octanol–water partition coefficient (Wildman–Crippen LogP) is -2.84. The minimum Gasteiger partial charge on any atom is -0.478 e. The maximum atomic E-state index is 12.2. The summed E-state index contributed by atoms with van der Waals surface area (Å²) < 4.78 is 62.0. The van der Waals surface area contributed by atoms with E-state index in [1.807, 2.05) is 6.08 Å². The summed E-state index contributed by atoms with van der Waals surface area (Å²) in [6.45, 7) is 11.2.